The number of hydrogen-bond acceptors (Lipinski definition) is 4. The Hall–Kier alpha value is -2.38. The average Bonchev–Trinajstić information content (AvgIpc) is 2.68. The van der Waals surface area contributed by atoms with Crippen LogP contribution in [0.25, 0.3) is 0 Å². The van der Waals surface area contributed by atoms with Gasteiger partial charge in [-0.15, -0.1) is 0 Å². The van der Waals surface area contributed by atoms with Gasteiger partial charge in [0.05, 0.1) is 23.6 Å². The summed E-state index contributed by atoms with van der Waals surface area (Å²) in [6.07, 6.45) is 0.833. The van der Waals surface area contributed by atoms with E-state index in [2.05, 4.69) is 5.32 Å². The molecule has 28 heavy (non-hydrogen) atoms. The van der Waals surface area contributed by atoms with E-state index in [0.717, 1.165) is 16.3 Å². The first-order valence-electron chi connectivity index (χ1n) is 9.18. The van der Waals surface area contributed by atoms with Crippen LogP contribution in [0.2, 0.25) is 0 Å². The first-order valence-corrected chi connectivity index (χ1v) is 10.6. The van der Waals surface area contributed by atoms with Crippen LogP contribution in [-0.2, 0) is 14.8 Å². The minimum Gasteiger partial charge on any atom is -0.495 e. The number of hydrogen-bond donors (Lipinski definition) is 1. The summed E-state index contributed by atoms with van der Waals surface area (Å²) in [7, 11) is 0.782. The van der Waals surface area contributed by atoms with Crippen LogP contribution < -0.4 is 10.1 Å². The molecule has 0 heterocycles. The number of nitrogens with zero attached hydrogens (tertiary/aromatic N) is 1. The summed E-state index contributed by atoms with van der Waals surface area (Å²) in [4.78, 5) is 13.2. The molecular formula is C21H28N2O4S. The predicted octanol–water partition coefficient (Wildman–Crippen LogP) is 3.71. The molecule has 0 saturated heterocycles. The van der Waals surface area contributed by atoms with Gasteiger partial charge in [0.15, 0.2) is 0 Å². The van der Waals surface area contributed by atoms with Crippen molar-refractivity contribution in [1.82, 2.24) is 4.31 Å². The number of sulfonamides is 1. The molecule has 1 N–H and O–H groups in total. The first-order chi connectivity index (χ1) is 13.2. The Morgan fingerprint density at radius 1 is 1.14 bits per heavy atom. The van der Waals surface area contributed by atoms with Crippen molar-refractivity contribution >= 4 is 21.6 Å². The lowest BCUT2D eigenvalue weighted by Crippen LogP contribution is -2.27. The van der Waals surface area contributed by atoms with Crippen LogP contribution in [0.4, 0.5) is 5.69 Å². The van der Waals surface area contributed by atoms with Gasteiger partial charge in [0.25, 0.3) is 0 Å². The molecule has 2 atom stereocenters. The van der Waals surface area contributed by atoms with Crippen LogP contribution in [0.1, 0.15) is 31.7 Å². The van der Waals surface area contributed by atoms with Gasteiger partial charge in [-0.3, -0.25) is 4.79 Å². The fraction of sp³-hybridized carbons (Fsp3) is 0.381. The molecule has 6 nitrogen and oxygen atoms in total. The van der Waals surface area contributed by atoms with Crippen molar-refractivity contribution in [3.8, 4) is 5.75 Å². The topological polar surface area (TPSA) is 75.7 Å². The molecule has 152 valence electrons. The zero-order chi connectivity index (χ0) is 20.9. The van der Waals surface area contributed by atoms with Gasteiger partial charge in [0.2, 0.25) is 15.9 Å². The number of methoxy groups -OCH3 is 1. The third-order valence-electron chi connectivity index (χ3n) is 4.86. The fourth-order valence-corrected chi connectivity index (χ4v) is 3.93. The predicted molar refractivity (Wildman–Crippen MR) is 111 cm³/mol. The van der Waals surface area contributed by atoms with Crippen LogP contribution in [0, 0.1) is 5.92 Å². The van der Waals surface area contributed by atoms with Gasteiger partial charge < -0.3 is 10.1 Å². The summed E-state index contributed by atoms with van der Waals surface area (Å²) in [5.41, 5.74) is 1.25. The van der Waals surface area contributed by atoms with E-state index >= 15 is 0 Å². The van der Waals surface area contributed by atoms with Crippen LogP contribution >= 0.6 is 0 Å². The largest absolute Gasteiger partial charge is 0.495 e. The standard InChI is InChI=1S/C21H28N2O4S/c1-6-15(2)20(16-10-8-7-9-11-16)21(24)22-18-14-17(12-13-19(18)27-5)28(25,26)23(3)4/h7-15,20H,6H2,1-5H3,(H,22,24)/t15-,20+/m1/s1. The Morgan fingerprint density at radius 3 is 2.32 bits per heavy atom. The molecule has 0 radical (unpaired) electrons. The molecule has 2 aromatic carbocycles. The molecule has 2 aromatic rings. The Balaban J connectivity index is 2.43. The van der Waals surface area contributed by atoms with Gasteiger partial charge in [0.1, 0.15) is 5.75 Å². The van der Waals surface area contributed by atoms with Crippen molar-refractivity contribution in [1.29, 1.82) is 0 Å². The van der Waals surface area contributed by atoms with Crippen molar-refractivity contribution in [2.45, 2.75) is 31.1 Å². The van der Waals surface area contributed by atoms with Crippen LogP contribution in [-0.4, -0.2) is 39.8 Å². The van der Waals surface area contributed by atoms with Gasteiger partial charge in [-0.2, -0.15) is 0 Å². The molecule has 0 saturated carbocycles. The maximum atomic E-state index is 13.1. The second-order valence-corrected chi connectivity index (χ2v) is 9.06. The van der Waals surface area contributed by atoms with Gasteiger partial charge in [-0.1, -0.05) is 50.6 Å². The van der Waals surface area contributed by atoms with Crippen LogP contribution in [0.15, 0.2) is 53.4 Å². The van der Waals surface area contributed by atoms with Gasteiger partial charge in [-0.25, -0.2) is 12.7 Å². The molecule has 1 amide bonds. The van der Waals surface area contributed by atoms with Crippen molar-refractivity contribution in [3.05, 3.63) is 54.1 Å². The summed E-state index contributed by atoms with van der Waals surface area (Å²) in [6, 6.07) is 14.0. The highest BCUT2D eigenvalue weighted by atomic mass is 32.2. The second kappa shape index (κ2) is 9.21. The van der Waals surface area contributed by atoms with E-state index in [1.165, 1.54) is 33.3 Å². The number of nitrogens with one attached hydrogen (secondary N) is 1. The third kappa shape index (κ3) is 4.72. The minimum atomic E-state index is -3.63. The SMILES string of the molecule is CC[C@@H](C)[C@H](C(=O)Nc1cc(S(=O)(=O)N(C)C)ccc1OC)c1ccccc1. The zero-order valence-electron chi connectivity index (χ0n) is 17.0. The summed E-state index contributed by atoms with van der Waals surface area (Å²) in [5, 5.41) is 2.88. The number of amides is 1. The lowest BCUT2D eigenvalue weighted by atomic mass is 9.85. The highest BCUT2D eigenvalue weighted by Gasteiger charge is 2.27. The van der Waals surface area contributed by atoms with Gasteiger partial charge in [0, 0.05) is 14.1 Å². The Kier molecular flexibility index (Phi) is 7.21. The highest BCUT2D eigenvalue weighted by molar-refractivity contribution is 7.89. The van der Waals surface area contributed by atoms with Crippen molar-refractivity contribution in [3.63, 3.8) is 0 Å². The monoisotopic (exact) mass is 404 g/mol. The van der Waals surface area contributed by atoms with Crippen molar-refractivity contribution in [2.75, 3.05) is 26.5 Å². The molecule has 2 rings (SSSR count). The van der Waals surface area contributed by atoms with E-state index in [0.29, 0.717) is 11.4 Å². The maximum Gasteiger partial charge on any atom is 0.242 e. The zero-order valence-corrected chi connectivity index (χ0v) is 17.8. The van der Waals surface area contributed by atoms with E-state index in [-0.39, 0.29) is 22.6 Å². The van der Waals surface area contributed by atoms with E-state index < -0.39 is 10.0 Å². The molecule has 0 aliphatic carbocycles. The number of rotatable bonds is 8. The summed E-state index contributed by atoms with van der Waals surface area (Å²) < 4.78 is 31.4. The Morgan fingerprint density at radius 2 is 1.79 bits per heavy atom. The number of benzene rings is 2. The van der Waals surface area contributed by atoms with E-state index in [4.69, 9.17) is 4.74 Å². The van der Waals surface area contributed by atoms with Crippen molar-refractivity contribution in [2.24, 2.45) is 5.92 Å². The molecule has 0 aliphatic rings. The number of ether oxygens (including phenoxy) is 1. The molecule has 0 bridgehead atoms. The normalized spacial score (nSPS) is 13.8. The van der Waals surface area contributed by atoms with Gasteiger partial charge >= 0.3 is 0 Å². The minimum absolute atomic E-state index is 0.0911. The Labute approximate surface area is 167 Å². The first kappa shape index (κ1) is 21.9. The number of carbonyl (C=O) groups is 1. The second-order valence-electron chi connectivity index (χ2n) is 6.91. The average molecular weight is 405 g/mol. The van der Waals surface area contributed by atoms with Crippen LogP contribution in [0.5, 0.6) is 5.75 Å². The number of anilines is 1. The third-order valence-corrected chi connectivity index (χ3v) is 6.67. The molecule has 0 unspecified atom stereocenters. The van der Waals surface area contributed by atoms with Crippen molar-refractivity contribution < 1.29 is 17.9 Å². The van der Waals surface area contributed by atoms with E-state index in [1.54, 1.807) is 6.07 Å². The molecular weight excluding hydrogens is 376 g/mol. The molecule has 0 aliphatic heterocycles. The molecule has 0 spiro atoms. The lowest BCUT2D eigenvalue weighted by molar-refractivity contribution is -0.118. The summed E-state index contributed by atoms with van der Waals surface area (Å²) in [6.45, 7) is 4.07. The number of carbonyl (C=O) groups excluding carboxylic acids is 1. The Bertz CT molecular complexity index is 911. The molecule has 0 fully saturated rings. The maximum absolute atomic E-state index is 13.1. The molecule has 7 heteroatoms. The van der Waals surface area contributed by atoms with Gasteiger partial charge in [-0.05, 0) is 29.7 Å². The smallest absolute Gasteiger partial charge is 0.242 e. The summed E-state index contributed by atoms with van der Waals surface area (Å²) in [5.74, 6) is -0.0348. The molecule has 0 aromatic heterocycles. The quantitative estimate of drug-likeness (QED) is 0.728. The lowest BCUT2D eigenvalue weighted by Gasteiger charge is -2.23. The fourth-order valence-electron chi connectivity index (χ4n) is 3.00. The van der Waals surface area contributed by atoms with E-state index in [1.807, 2.05) is 44.2 Å². The van der Waals surface area contributed by atoms with Crippen LogP contribution in [0.3, 0.4) is 0 Å². The van der Waals surface area contributed by atoms with E-state index in [9.17, 15) is 13.2 Å². The highest BCUT2D eigenvalue weighted by Crippen LogP contribution is 2.32. The summed E-state index contributed by atoms with van der Waals surface area (Å²) >= 11 is 0.